The standard InChI is InChI=1S/C17H24N4O2/c1-23-9-8-19-16(22)12-21-15(14-5-2-6-18-11-14)10-13-4-3-7-20-17(13)21/h3-4,7,10,14,18H,2,5-6,8-9,11-12H2,1H3,(H,19,22)/t14-/m0/s1. The summed E-state index contributed by atoms with van der Waals surface area (Å²) in [6.07, 6.45) is 4.10. The first kappa shape index (κ1) is 16.0. The fraction of sp³-hybridized carbons (Fsp3) is 0.529. The van der Waals surface area contributed by atoms with Crippen LogP contribution in [-0.2, 0) is 16.1 Å². The second-order valence-corrected chi connectivity index (χ2v) is 5.96. The van der Waals surface area contributed by atoms with Gasteiger partial charge in [-0.15, -0.1) is 0 Å². The topological polar surface area (TPSA) is 68.2 Å². The molecular formula is C17H24N4O2. The highest BCUT2D eigenvalue weighted by Crippen LogP contribution is 2.28. The molecule has 2 aromatic rings. The monoisotopic (exact) mass is 316 g/mol. The van der Waals surface area contributed by atoms with Crippen molar-refractivity contribution in [2.24, 2.45) is 0 Å². The molecule has 0 saturated carbocycles. The van der Waals surface area contributed by atoms with Crippen molar-refractivity contribution in [3.8, 4) is 0 Å². The van der Waals surface area contributed by atoms with Crippen molar-refractivity contribution in [2.45, 2.75) is 25.3 Å². The van der Waals surface area contributed by atoms with Crippen LogP contribution in [0.15, 0.2) is 24.4 Å². The largest absolute Gasteiger partial charge is 0.383 e. The summed E-state index contributed by atoms with van der Waals surface area (Å²) in [4.78, 5) is 16.7. The lowest BCUT2D eigenvalue weighted by atomic mass is 9.96. The molecule has 1 aliphatic rings. The van der Waals surface area contributed by atoms with Gasteiger partial charge in [-0.05, 0) is 37.6 Å². The molecule has 0 spiro atoms. The van der Waals surface area contributed by atoms with E-state index in [-0.39, 0.29) is 5.91 Å². The predicted molar refractivity (Wildman–Crippen MR) is 89.5 cm³/mol. The maximum Gasteiger partial charge on any atom is 0.240 e. The Labute approximate surface area is 136 Å². The molecule has 1 amide bonds. The summed E-state index contributed by atoms with van der Waals surface area (Å²) in [6, 6.07) is 6.18. The van der Waals surface area contributed by atoms with E-state index in [4.69, 9.17) is 4.74 Å². The highest BCUT2D eigenvalue weighted by atomic mass is 16.5. The number of piperidine rings is 1. The van der Waals surface area contributed by atoms with Crippen LogP contribution in [0.25, 0.3) is 11.0 Å². The zero-order valence-electron chi connectivity index (χ0n) is 13.5. The number of fused-ring (bicyclic) bond motifs is 1. The summed E-state index contributed by atoms with van der Waals surface area (Å²) in [5, 5.41) is 7.43. The van der Waals surface area contributed by atoms with E-state index in [1.807, 2.05) is 6.07 Å². The van der Waals surface area contributed by atoms with E-state index in [0.29, 0.717) is 25.6 Å². The van der Waals surface area contributed by atoms with Crippen molar-refractivity contribution in [1.82, 2.24) is 20.2 Å². The van der Waals surface area contributed by atoms with Gasteiger partial charge in [0.2, 0.25) is 5.91 Å². The smallest absolute Gasteiger partial charge is 0.240 e. The van der Waals surface area contributed by atoms with Crippen molar-refractivity contribution < 1.29 is 9.53 Å². The van der Waals surface area contributed by atoms with Gasteiger partial charge in [0.1, 0.15) is 12.2 Å². The van der Waals surface area contributed by atoms with E-state index in [2.05, 4.69) is 32.3 Å². The number of carbonyl (C=O) groups excluding carboxylic acids is 1. The summed E-state index contributed by atoms with van der Waals surface area (Å²) in [5.74, 6) is 0.431. The van der Waals surface area contributed by atoms with E-state index in [1.54, 1.807) is 13.3 Å². The SMILES string of the molecule is COCCNC(=O)Cn1c([C@H]2CCCNC2)cc2cccnc21. The van der Waals surface area contributed by atoms with E-state index >= 15 is 0 Å². The number of ether oxygens (including phenoxy) is 1. The number of hydrogen-bond acceptors (Lipinski definition) is 4. The normalized spacial score (nSPS) is 18.2. The number of rotatable bonds is 6. The molecular weight excluding hydrogens is 292 g/mol. The van der Waals surface area contributed by atoms with Gasteiger partial charge >= 0.3 is 0 Å². The summed E-state index contributed by atoms with van der Waals surface area (Å²) in [7, 11) is 1.63. The predicted octanol–water partition coefficient (Wildman–Crippen LogP) is 1.27. The Kier molecular flexibility index (Phi) is 5.25. The van der Waals surface area contributed by atoms with E-state index in [9.17, 15) is 4.79 Å². The molecule has 1 atom stereocenters. The van der Waals surface area contributed by atoms with Crippen LogP contribution < -0.4 is 10.6 Å². The first-order valence-corrected chi connectivity index (χ1v) is 8.20. The first-order chi connectivity index (χ1) is 11.3. The van der Waals surface area contributed by atoms with Gasteiger partial charge in [0.05, 0.1) is 6.61 Å². The Balaban J connectivity index is 1.85. The van der Waals surface area contributed by atoms with Gasteiger partial charge in [-0.2, -0.15) is 0 Å². The number of amides is 1. The average Bonchev–Trinajstić information content (AvgIpc) is 2.95. The molecule has 23 heavy (non-hydrogen) atoms. The summed E-state index contributed by atoms with van der Waals surface area (Å²) < 4.78 is 7.04. The van der Waals surface area contributed by atoms with Crippen LogP contribution in [-0.4, -0.2) is 48.8 Å². The zero-order valence-corrected chi connectivity index (χ0v) is 13.5. The van der Waals surface area contributed by atoms with Crippen LogP contribution in [0.2, 0.25) is 0 Å². The molecule has 1 fully saturated rings. The second-order valence-electron chi connectivity index (χ2n) is 5.96. The molecule has 0 unspecified atom stereocenters. The van der Waals surface area contributed by atoms with Crippen LogP contribution in [0.5, 0.6) is 0 Å². The average molecular weight is 316 g/mol. The maximum absolute atomic E-state index is 12.2. The van der Waals surface area contributed by atoms with Gasteiger partial charge in [0.25, 0.3) is 0 Å². The Morgan fingerprint density at radius 1 is 1.57 bits per heavy atom. The number of nitrogens with one attached hydrogen (secondary N) is 2. The lowest BCUT2D eigenvalue weighted by Crippen LogP contribution is -2.33. The minimum absolute atomic E-state index is 0.00442. The molecule has 1 aliphatic heterocycles. The third kappa shape index (κ3) is 3.71. The second kappa shape index (κ2) is 7.57. The van der Waals surface area contributed by atoms with Crippen molar-refractivity contribution in [1.29, 1.82) is 0 Å². The van der Waals surface area contributed by atoms with Gasteiger partial charge in [-0.25, -0.2) is 4.98 Å². The molecule has 0 aliphatic carbocycles. The highest BCUT2D eigenvalue weighted by Gasteiger charge is 2.22. The first-order valence-electron chi connectivity index (χ1n) is 8.20. The van der Waals surface area contributed by atoms with Crippen LogP contribution in [0, 0.1) is 0 Å². The van der Waals surface area contributed by atoms with E-state index in [1.165, 1.54) is 12.1 Å². The molecule has 0 radical (unpaired) electrons. The Hall–Kier alpha value is -1.92. The molecule has 3 heterocycles. The number of nitrogens with zero attached hydrogens (tertiary/aromatic N) is 2. The minimum atomic E-state index is -0.00442. The molecule has 124 valence electrons. The van der Waals surface area contributed by atoms with Gasteiger partial charge in [-0.1, -0.05) is 0 Å². The number of pyridine rings is 1. The highest BCUT2D eigenvalue weighted by molar-refractivity contribution is 5.82. The van der Waals surface area contributed by atoms with Crippen molar-refractivity contribution in [2.75, 3.05) is 33.4 Å². The molecule has 3 rings (SSSR count). The van der Waals surface area contributed by atoms with Crippen LogP contribution in [0.4, 0.5) is 0 Å². The number of hydrogen-bond donors (Lipinski definition) is 2. The molecule has 6 nitrogen and oxygen atoms in total. The van der Waals surface area contributed by atoms with Crippen LogP contribution in [0.3, 0.4) is 0 Å². The van der Waals surface area contributed by atoms with Crippen molar-refractivity contribution in [3.63, 3.8) is 0 Å². The molecule has 1 saturated heterocycles. The summed E-state index contributed by atoms with van der Waals surface area (Å²) >= 11 is 0. The molecule has 0 bridgehead atoms. The van der Waals surface area contributed by atoms with Gasteiger partial charge in [0, 0.05) is 43.4 Å². The number of carbonyl (C=O) groups is 1. The molecule has 6 heteroatoms. The molecule has 0 aromatic carbocycles. The van der Waals surface area contributed by atoms with Gasteiger partial charge in [0.15, 0.2) is 0 Å². The zero-order chi connectivity index (χ0) is 16.1. The fourth-order valence-electron chi connectivity index (χ4n) is 3.21. The van der Waals surface area contributed by atoms with Gasteiger partial charge in [-0.3, -0.25) is 4.79 Å². The summed E-state index contributed by atoms with van der Waals surface area (Å²) in [6.45, 7) is 3.39. The summed E-state index contributed by atoms with van der Waals surface area (Å²) in [5.41, 5.74) is 2.09. The Bertz CT molecular complexity index is 662. The van der Waals surface area contributed by atoms with Crippen molar-refractivity contribution >= 4 is 16.9 Å². The number of methoxy groups -OCH3 is 1. The molecule has 2 N–H and O–H groups in total. The van der Waals surface area contributed by atoms with Crippen LogP contribution in [0.1, 0.15) is 24.5 Å². The quantitative estimate of drug-likeness (QED) is 0.788. The van der Waals surface area contributed by atoms with Crippen molar-refractivity contribution in [3.05, 3.63) is 30.1 Å². The lowest BCUT2D eigenvalue weighted by molar-refractivity contribution is -0.121. The third-order valence-electron chi connectivity index (χ3n) is 4.33. The minimum Gasteiger partial charge on any atom is -0.383 e. The molecule has 2 aromatic heterocycles. The van der Waals surface area contributed by atoms with E-state index in [0.717, 1.165) is 30.5 Å². The maximum atomic E-state index is 12.2. The third-order valence-corrected chi connectivity index (χ3v) is 4.33. The number of aromatic nitrogens is 2. The van der Waals surface area contributed by atoms with Crippen LogP contribution >= 0.6 is 0 Å². The Morgan fingerprint density at radius 3 is 3.26 bits per heavy atom. The van der Waals surface area contributed by atoms with E-state index < -0.39 is 0 Å². The fourth-order valence-corrected chi connectivity index (χ4v) is 3.21. The van der Waals surface area contributed by atoms with Gasteiger partial charge < -0.3 is 19.9 Å². The Morgan fingerprint density at radius 2 is 2.48 bits per heavy atom. The lowest BCUT2D eigenvalue weighted by Gasteiger charge is -2.24.